The lowest BCUT2D eigenvalue weighted by atomic mass is 10.0. The number of carbonyl (C=O) groups excluding carboxylic acids is 1. The van der Waals surface area contributed by atoms with E-state index in [0.717, 1.165) is 19.3 Å². The summed E-state index contributed by atoms with van der Waals surface area (Å²) in [5.41, 5.74) is 0.356. The smallest absolute Gasteiger partial charge is 0.254 e. The van der Waals surface area contributed by atoms with Gasteiger partial charge in [0.05, 0.1) is 5.56 Å². The molecule has 1 aliphatic carbocycles. The number of hydrogen-bond acceptors (Lipinski definition) is 3. The van der Waals surface area contributed by atoms with E-state index in [4.69, 9.17) is 11.6 Å². The van der Waals surface area contributed by atoms with Crippen molar-refractivity contribution in [2.45, 2.75) is 25.3 Å². The van der Waals surface area contributed by atoms with Crippen molar-refractivity contribution in [1.82, 2.24) is 10.3 Å². The van der Waals surface area contributed by atoms with Gasteiger partial charge in [0, 0.05) is 29.2 Å². The standard InChI is InChI=1S/C12H14BrClN2O2/c13-8-4-9(11(14)15-5-8)12(18)16-10-3-1-2-7(10)6-17/h4-5,7,10,17H,1-3,6H2,(H,16,18). The normalized spacial score (nSPS) is 23.1. The fraction of sp³-hybridized carbons (Fsp3) is 0.500. The largest absolute Gasteiger partial charge is 0.396 e. The molecule has 2 atom stereocenters. The Balaban J connectivity index is 2.09. The van der Waals surface area contributed by atoms with Crippen molar-refractivity contribution >= 4 is 33.4 Å². The quantitative estimate of drug-likeness (QED) is 0.835. The third-order valence-electron chi connectivity index (χ3n) is 3.26. The highest BCUT2D eigenvalue weighted by Crippen LogP contribution is 2.26. The lowest BCUT2D eigenvalue weighted by molar-refractivity contribution is 0.0916. The molecular formula is C12H14BrClN2O2. The van der Waals surface area contributed by atoms with Crippen molar-refractivity contribution in [2.24, 2.45) is 5.92 Å². The van der Waals surface area contributed by atoms with Gasteiger partial charge in [0.25, 0.3) is 5.91 Å². The van der Waals surface area contributed by atoms with E-state index in [0.29, 0.717) is 10.0 Å². The Hall–Kier alpha value is -0.650. The van der Waals surface area contributed by atoms with E-state index in [2.05, 4.69) is 26.2 Å². The summed E-state index contributed by atoms with van der Waals surface area (Å²) in [6, 6.07) is 1.67. The number of aromatic nitrogens is 1. The number of aliphatic hydroxyl groups excluding tert-OH is 1. The third-order valence-corrected chi connectivity index (χ3v) is 4.00. The van der Waals surface area contributed by atoms with E-state index >= 15 is 0 Å². The van der Waals surface area contributed by atoms with Crippen molar-refractivity contribution in [3.05, 3.63) is 27.5 Å². The van der Waals surface area contributed by atoms with E-state index in [9.17, 15) is 9.90 Å². The molecule has 0 bridgehead atoms. The number of aliphatic hydroxyl groups is 1. The average molecular weight is 334 g/mol. The van der Waals surface area contributed by atoms with Crippen LogP contribution in [0.2, 0.25) is 5.15 Å². The van der Waals surface area contributed by atoms with Gasteiger partial charge in [-0.15, -0.1) is 0 Å². The zero-order valence-corrected chi connectivity index (χ0v) is 12.0. The molecule has 2 N–H and O–H groups in total. The highest BCUT2D eigenvalue weighted by Gasteiger charge is 2.28. The fourth-order valence-electron chi connectivity index (χ4n) is 2.27. The minimum absolute atomic E-state index is 0.0255. The highest BCUT2D eigenvalue weighted by atomic mass is 79.9. The Labute approximate surface area is 119 Å². The summed E-state index contributed by atoms with van der Waals surface area (Å²) in [6.45, 7) is 0.107. The van der Waals surface area contributed by atoms with Gasteiger partial charge in [-0.2, -0.15) is 0 Å². The van der Waals surface area contributed by atoms with Crippen molar-refractivity contribution in [3.63, 3.8) is 0 Å². The Kier molecular flexibility index (Phi) is 4.59. The predicted octanol–water partition coefficient (Wildman–Crippen LogP) is 2.39. The summed E-state index contributed by atoms with van der Waals surface area (Å²) in [5.74, 6) is -0.0908. The maximum absolute atomic E-state index is 12.1. The van der Waals surface area contributed by atoms with Crippen LogP contribution in [0.5, 0.6) is 0 Å². The molecule has 1 aromatic heterocycles. The lowest BCUT2D eigenvalue weighted by Gasteiger charge is -2.19. The first-order chi connectivity index (χ1) is 8.61. The molecule has 1 heterocycles. The highest BCUT2D eigenvalue weighted by molar-refractivity contribution is 9.10. The van der Waals surface area contributed by atoms with Gasteiger partial charge in [-0.05, 0) is 34.8 Å². The molecule has 1 saturated carbocycles. The Bertz CT molecular complexity index is 456. The van der Waals surface area contributed by atoms with Gasteiger partial charge in [0.1, 0.15) is 5.15 Å². The zero-order valence-electron chi connectivity index (χ0n) is 9.70. The van der Waals surface area contributed by atoms with Gasteiger partial charge < -0.3 is 10.4 Å². The molecule has 6 heteroatoms. The minimum atomic E-state index is -0.237. The number of halogens is 2. The molecule has 0 spiro atoms. The third kappa shape index (κ3) is 3.02. The number of carbonyl (C=O) groups is 1. The van der Waals surface area contributed by atoms with Gasteiger partial charge in [-0.25, -0.2) is 4.98 Å². The van der Waals surface area contributed by atoms with E-state index in [1.165, 1.54) is 0 Å². The molecule has 1 fully saturated rings. The summed E-state index contributed by atoms with van der Waals surface area (Å²) < 4.78 is 0.710. The molecular weight excluding hydrogens is 320 g/mol. The number of rotatable bonds is 3. The van der Waals surface area contributed by atoms with Crippen LogP contribution in [0.3, 0.4) is 0 Å². The molecule has 98 valence electrons. The Morgan fingerprint density at radius 1 is 1.61 bits per heavy atom. The van der Waals surface area contributed by atoms with E-state index in [1.807, 2.05) is 0 Å². The number of nitrogens with one attached hydrogen (secondary N) is 1. The molecule has 1 aliphatic rings. The molecule has 1 amide bonds. The van der Waals surface area contributed by atoms with Crippen LogP contribution in [-0.4, -0.2) is 28.6 Å². The number of nitrogens with zero attached hydrogens (tertiary/aromatic N) is 1. The van der Waals surface area contributed by atoms with Crippen molar-refractivity contribution in [1.29, 1.82) is 0 Å². The SMILES string of the molecule is O=C(NC1CCCC1CO)c1cc(Br)cnc1Cl. The summed E-state index contributed by atoms with van der Waals surface area (Å²) in [4.78, 5) is 16.0. The van der Waals surface area contributed by atoms with E-state index in [1.54, 1.807) is 12.3 Å². The van der Waals surface area contributed by atoms with E-state index in [-0.39, 0.29) is 29.6 Å². The molecule has 1 aromatic rings. The molecule has 0 saturated heterocycles. The molecule has 18 heavy (non-hydrogen) atoms. The van der Waals surface area contributed by atoms with Crippen LogP contribution in [-0.2, 0) is 0 Å². The van der Waals surface area contributed by atoms with Gasteiger partial charge in [0.15, 0.2) is 0 Å². The molecule has 0 aromatic carbocycles. The summed E-state index contributed by atoms with van der Waals surface area (Å²) in [7, 11) is 0. The van der Waals surface area contributed by atoms with Crippen LogP contribution in [0, 0.1) is 5.92 Å². The van der Waals surface area contributed by atoms with Gasteiger partial charge >= 0.3 is 0 Å². The predicted molar refractivity (Wildman–Crippen MR) is 72.6 cm³/mol. The second-order valence-corrected chi connectivity index (χ2v) is 5.72. The van der Waals surface area contributed by atoms with E-state index < -0.39 is 0 Å². The topological polar surface area (TPSA) is 62.2 Å². The zero-order chi connectivity index (χ0) is 13.1. The number of hydrogen-bond donors (Lipinski definition) is 2. The first-order valence-corrected chi connectivity index (χ1v) is 7.01. The van der Waals surface area contributed by atoms with Crippen molar-refractivity contribution < 1.29 is 9.90 Å². The summed E-state index contributed by atoms with van der Waals surface area (Å²) in [5, 5.41) is 12.3. The van der Waals surface area contributed by atoms with Gasteiger partial charge in [0.2, 0.25) is 0 Å². The molecule has 2 unspecified atom stereocenters. The molecule has 4 nitrogen and oxygen atoms in total. The monoisotopic (exact) mass is 332 g/mol. The van der Waals surface area contributed by atoms with Crippen LogP contribution in [0.15, 0.2) is 16.7 Å². The van der Waals surface area contributed by atoms with Gasteiger partial charge in [-0.1, -0.05) is 18.0 Å². The van der Waals surface area contributed by atoms with Gasteiger partial charge in [-0.3, -0.25) is 4.79 Å². The maximum Gasteiger partial charge on any atom is 0.254 e. The van der Waals surface area contributed by atoms with Crippen molar-refractivity contribution in [2.75, 3.05) is 6.61 Å². The van der Waals surface area contributed by atoms with Crippen LogP contribution in [0.1, 0.15) is 29.6 Å². The fourth-order valence-corrected chi connectivity index (χ4v) is 2.79. The Morgan fingerprint density at radius 2 is 2.39 bits per heavy atom. The average Bonchev–Trinajstić information content (AvgIpc) is 2.79. The minimum Gasteiger partial charge on any atom is -0.396 e. The summed E-state index contributed by atoms with van der Waals surface area (Å²) in [6.07, 6.45) is 4.42. The van der Waals surface area contributed by atoms with Crippen LogP contribution in [0.25, 0.3) is 0 Å². The molecule has 2 rings (SSSR count). The number of amides is 1. The molecule has 0 aliphatic heterocycles. The van der Waals surface area contributed by atoms with Crippen LogP contribution in [0.4, 0.5) is 0 Å². The first-order valence-electron chi connectivity index (χ1n) is 5.84. The van der Waals surface area contributed by atoms with Crippen LogP contribution < -0.4 is 5.32 Å². The van der Waals surface area contributed by atoms with Crippen molar-refractivity contribution in [3.8, 4) is 0 Å². The molecule has 0 radical (unpaired) electrons. The number of pyridine rings is 1. The first kappa shape index (κ1) is 13.8. The van der Waals surface area contributed by atoms with Crippen LogP contribution >= 0.6 is 27.5 Å². The second-order valence-electron chi connectivity index (χ2n) is 4.45. The maximum atomic E-state index is 12.1. The summed E-state index contributed by atoms with van der Waals surface area (Å²) >= 11 is 9.17. The second kappa shape index (κ2) is 5.99. The lowest BCUT2D eigenvalue weighted by Crippen LogP contribution is -2.38. The Morgan fingerprint density at radius 3 is 3.11 bits per heavy atom.